The van der Waals surface area contributed by atoms with Crippen LogP contribution in [0.2, 0.25) is 0 Å². The highest BCUT2D eigenvalue weighted by Crippen LogP contribution is 2.38. The van der Waals surface area contributed by atoms with Gasteiger partial charge < -0.3 is 14.9 Å². The van der Waals surface area contributed by atoms with Crippen LogP contribution in [0.4, 0.5) is 0 Å². The van der Waals surface area contributed by atoms with Crippen molar-refractivity contribution in [3.63, 3.8) is 0 Å². The highest BCUT2D eigenvalue weighted by atomic mass is 79.9. The molecular formula is C22H19BrO4. The van der Waals surface area contributed by atoms with Crippen molar-refractivity contribution in [3.05, 3.63) is 81.8 Å². The van der Waals surface area contributed by atoms with Crippen LogP contribution in [0.3, 0.4) is 0 Å². The smallest absolute Gasteiger partial charge is 0.339 e. The standard InChI is InChI=1S/C22H19BrO4/c1-2-15-6-3-4-7-16(15)17-8-5-9-19(23)21(17)27-13-14-10-11-18(22(25)26)20(24)12-14/h3-12,24H,2,13H2,1H3,(H,25,26). The Morgan fingerprint density at radius 3 is 2.48 bits per heavy atom. The predicted octanol–water partition coefficient (Wildman–Crippen LogP) is 5.66. The normalized spacial score (nSPS) is 10.6. The first kappa shape index (κ1) is 19.0. The number of halogens is 1. The summed E-state index contributed by atoms with van der Waals surface area (Å²) in [5.41, 5.74) is 3.87. The second-order valence-electron chi connectivity index (χ2n) is 6.07. The molecule has 0 unspecified atom stereocenters. The zero-order chi connectivity index (χ0) is 19.4. The molecule has 3 aromatic rings. The van der Waals surface area contributed by atoms with Crippen molar-refractivity contribution in [2.24, 2.45) is 0 Å². The molecule has 0 radical (unpaired) electrons. The Labute approximate surface area is 166 Å². The van der Waals surface area contributed by atoms with E-state index in [-0.39, 0.29) is 17.9 Å². The lowest BCUT2D eigenvalue weighted by atomic mass is 9.97. The summed E-state index contributed by atoms with van der Waals surface area (Å²) in [5, 5.41) is 18.9. The van der Waals surface area contributed by atoms with Crippen LogP contribution >= 0.6 is 15.9 Å². The van der Waals surface area contributed by atoms with E-state index in [9.17, 15) is 9.90 Å². The van der Waals surface area contributed by atoms with Crippen molar-refractivity contribution in [2.75, 3.05) is 0 Å². The van der Waals surface area contributed by atoms with Gasteiger partial charge in [-0.05, 0) is 57.2 Å². The van der Waals surface area contributed by atoms with Crippen LogP contribution in [-0.2, 0) is 13.0 Å². The summed E-state index contributed by atoms with van der Waals surface area (Å²) >= 11 is 3.56. The Bertz CT molecular complexity index is 982. The number of aryl methyl sites for hydroxylation is 1. The fraction of sp³-hybridized carbons (Fsp3) is 0.136. The molecule has 0 bridgehead atoms. The number of para-hydroxylation sites is 1. The van der Waals surface area contributed by atoms with Gasteiger partial charge in [0.05, 0.1) is 4.47 Å². The van der Waals surface area contributed by atoms with Gasteiger partial charge in [0.2, 0.25) is 0 Å². The topological polar surface area (TPSA) is 66.8 Å². The largest absolute Gasteiger partial charge is 0.507 e. The van der Waals surface area contributed by atoms with E-state index in [2.05, 4.69) is 35.0 Å². The lowest BCUT2D eigenvalue weighted by molar-refractivity contribution is 0.0693. The van der Waals surface area contributed by atoms with Crippen LogP contribution in [0.5, 0.6) is 11.5 Å². The van der Waals surface area contributed by atoms with E-state index in [0.717, 1.165) is 22.0 Å². The number of phenols is 1. The van der Waals surface area contributed by atoms with Crippen molar-refractivity contribution in [2.45, 2.75) is 20.0 Å². The van der Waals surface area contributed by atoms with Gasteiger partial charge in [-0.15, -0.1) is 0 Å². The van der Waals surface area contributed by atoms with Gasteiger partial charge in [-0.25, -0.2) is 4.79 Å². The molecule has 3 rings (SSSR count). The molecule has 0 heterocycles. The molecule has 0 amide bonds. The molecule has 0 aliphatic heterocycles. The van der Waals surface area contributed by atoms with Crippen LogP contribution in [0.25, 0.3) is 11.1 Å². The maximum atomic E-state index is 11.0. The molecular weight excluding hydrogens is 408 g/mol. The van der Waals surface area contributed by atoms with Crippen LogP contribution in [0.1, 0.15) is 28.4 Å². The molecule has 0 aliphatic carbocycles. The number of benzene rings is 3. The van der Waals surface area contributed by atoms with Crippen molar-refractivity contribution in [1.29, 1.82) is 0 Å². The summed E-state index contributed by atoms with van der Waals surface area (Å²) in [7, 11) is 0. The fourth-order valence-corrected chi connectivity index (χ4v) is 3.44. The number of rotatable bonds is 6. The maximum absolute atomic E-state index is 11.0. The third-order valence-electron chi connectivity index (χ3n) is 4.33. The lowest BCUT2D eigenvalue weighted by Crippen LogP contribution is -2.01. The van der Waals surface area contributed by atoms with Gasteiger partial charge in [-0.3, -0.25) is 0 Å². The van der Waals surface area contributed by atoms with E-state index in [1.54, 1.807) is 6.07 Å². The Morgan fingerprint density at radius 1 is 1.04 bits per heavy atom. The molecule has 2 N–H and O–H groups in total. The van der Waals surface area contributed by atoms with Gasteiger partial charge in [0.25, 0.3) is 0 Å². The first-order chi connectivity index (χ1) is 13.0. The summed E-state index contributed by atoms with van der Waals surface area (Å²) in [6, 6.07) is 18.5. The summed E-state index contributed by atoms with van der Waals surface area (Å²) in [6.07, 6.45) is 0.909. The third-order valence-corrected chi connectivity index (χ3v) is 4.96. The van der Waals surface area contributed by atoms with E-state index >= 15 is 0 Å². The van der Waals surface area contributed by atoms with Crippen LogP contribution in [0, 0.1) is 0 Å². The number of ether oxygens (including phenoxy) is 1. The molecule has 0 fully saturated rings. The van der Waals surface area contributed by atoms with E-state index in [0.29, 0.717) is 11.3 Å². The first-order valence-corrected chi connectivity index (χ1v) is 9.35. The molecule has 0 aliphatic rings. The Hall–Kier alpha value is -2.79. The quantitative estimate of drug-likeness (QED) is 0.533. The molecule has 0 aromatic heterocycles. The van der Waals surface area contributed by atoms with E-state index in [1.165, 1.54) is 17.7 Å². The first-order valence-electron chi connectivity index (χ1n) is 8.56. The van der Waals surface area contributed by atoms with E-state index in [1.807, 2.05) is 30.3 Å². The summed E-state index contributed by atoms with van der Waals surface area (Å²) < 4.78 is 6.89. The highest BCUT2D eigenvalue weighted by molar-refractivity contribution is 9.10. The Balaban J connectivity index is 1.92. The molecule has 138 valence electrons. The zero-order valence-electron chi connectivity index (χ0n) is 14.8. The van der Waals surface area contributed by atoms with Gasteiger partial charge >= 0.3 is 5.97 Å². The van der Waals surface area contributed by atoms with Gasteiger partial charge in [-0.2, -0.15) is 0 Å². The van der Waals surface area contributed by atoms with Gasteiger partial charge in [-0.1, -0.05) is 49.4 Å². The van der Waals surface area contributed by atoms with Crippen LogP contribution < -0.4 is 4.74 Å². The number of carboxylic acids is 1. The monoisotopic (exact) mass is 426 g/mol. The highest BCUT2D eigenvalue weighted by Gasteiger charge is 2.14. The van der Waals surface area contributed by atoms with E-state index < -0.39 is 5.97 Å². The molecule has 0 atom stereocenters. The summed E-state index contributed by atoms with van der Waals surface area (Å²) in [5.74, 6) is -0.725. The van der Waals surface area contributed by atoms with Crippen LogP contribution in [0.15, 0.2) is 65.1 Å². The fourth-order valence-electron chi connectivity index (χ4n) is 2.96. The molecule has 0 spiro atoms. The second kappa shape index (κ2) is 8.27. The van der Waals surface area contributed by atoms with Crippen LogP contribution in [-0.4, -0.2) is 16.2 Å². The number of hydrogen-bond donors (Lipinski definition) is 2. The van der Waals surface area contributed by atoms with Crippen molar-refractivity contribution in [3.8, 4) is 22.6 Å². The van der Waals surface area contributed by atoms with Gasteiger partial charge in [0.15, 0.2) is 0 Å². The van der Waals surface area contributed by atoms with Gasteiger partial charge in [0.1, 0.15) is 23.7 Å². The molecule has 3 aromatic carbocycles. The maximum Gasteiger partial charge on any atom is 0.339 e. The predicted molar refractivity (Wildman–Crippen MR) is 108 cm³/mol. The van der Waals surface area contributed by atoms with E-state index in [4.69, 9.17) is 9.84 Å². The lowest BCUT2D eigenvalue weighted by Gasteiger charge is -2.16. The molecule has 5 heteroatoms. The number of carbonyl (C=O) groups is 1. The van der Waals surface area contributed by atoms with Crippen molar-refractivity contribution < 1.29 is 19.7 Å². The number of hydrogen-bond acceptors (Lipinski definition) is 3. The molecule has 0 saturated heterocycles. The second-order valence-corrected chi connectivity index (χ2v) is 6.93. The minimum atomic E-state index is -1.16. The van der Waals surface area contributed by atoms with Crippen molar-refractivity contribution in [1.82, 2.24) is 0 Å². The average Bonchev–Trinajstić information content (AvgIpc) is 2.66. The molecule has 27 heavy (non-hydrogen) atoms. The zero-order valence-corrected chi connectivity index (χ0v) is 16.4. The summed E-state index contributed by atoms with van der Waals surface area (Å²) in [6.45, 7) is 2.32. The molecule has 0 saturated carbocycles. The Kier molecular flexibility index (Phi) is 5.81. The minimum Gasteiger partial charge on any atom is -0.507 e. The number of carboxylic acid groups (broad SMARTS) is 1. The number of aromatic hydroxyl groups is 1. The average molecular weight is 427 g/mol. The van der Waals surface area contributed by atoms with Crippen molar-refractivity contribution >= 4 is 21.9 Å². The minimum absolute atomic E-state index is 0.128. The summed E-state index contributed by atoms with van der Waals surface area (Å²) in [4.78, 5) is 11.0. The van der Waals surface area contributed by atoms with Gasteiger partial charge in [0, 0.05) is 5.56 Å². The molecule has 4 nitrogen and oxygen atoms in total. The Morgan fingerprint density at radius 2 is 1.78 bits per heavy atom. The third kappa shape index (κ3) is 4.14. The number of aromatic carboxylic acids is 1. The SMILES string of the molecule is CCc1ccccc1-c1cccc(Br)c1OCc1ccc(C(=O)O)c(O)c1.